The van der Waals surface area contributed by atoms with E-state index in [1.807, 2.05) is 26.1 Å². The Kier molecular flexibility index (Phi) is 3.63. The number of amides is 1. The second kappa shape index (κ2) is 5.19. The van der Waals surface area contributed by atoms with Crippen molar-refractivity contribution in [2.75, 3.05) is 7.05 Å². The molecule has 0 aliphatic heterocycles. The summed E-state index contributed by atoms with van der Waals surface area (Å²) in [4.78, 5) is 12.3. The fourth-order valence-electron chi connectivity index (χ4n) is 2.07. The fourth-order valence-corrected chi connectivity index (χ4v) is 2.07. The van der Waals surface area contributed by atoms with Crippen LogP contribution in [-0.2, 0) is 11.3 Å². The van der Waals surface area contributed by atoms with Crippen LogP contribution in [0.15, 0.2) is 42.5 Å². The minimum atomic E-state index is -0.256. The van der Waals surface area contributed by atoms with Crippen molar-refractivity contribution in [2.24, 2.45) is 5.73 Å². The van der Waals surface area contributed by atoms with Crippen LogP contribution in [0.3, 0.4) is 0 Å². The zero-order valence-electron chi connectivity index (χ0n) is 10.8. The molecule has 94 valence electrons. The Hall–Kier alpha value is -1.87. The van der Waals surface area contributed by atoms with Gasteiger partial charge >= 0.3 is 0 Å². The van der Waals surface area contributed by atoms with Crippen molar-refractivity contribution in [2.45, 2.75) is 19.5 Å². The van der Waals surface area contributed by atoms with Gasteiger partial charge in [-0.15, -0.1) is 0 Å². The second-order valence-electron chi connectivity index (χ2n) is 4.83. The van der Waals surface area contributed by atoms with Gasteiger partial charge in [0.15, 0.2) is 6.04 Å². The number of nitrogens with two attached hydrogens (primary N) is 1. The van der Waals surface area contributed by atoms with Crippen molar-refractivity contribution < 1.29 is 9.69 Å². The molecule has 2 rings (SSSR count). The summed E-state index contributed by atoms with van der Waals surface area (Å²) in [6, 6.07) is 14.5. The van der Waals surface area contributed by atoms with E-state index >= 15 is 0 Å². The van der Waals surface area contributed by atoms with Gasteiger partial charge in [0.25, 0.3) is 5.91 Å². The summed E-state index contributed by atoms with van der Waals surface area (Å²) in [6.07, 6.45) is 0. The average Bonchev–Trinajstić information content (AvgIpc) is 2.37. The van der Waals surface area contributed by atoms with E-state index in [4.69, 9.17) is 5.73 Å². The van der Waals surface area contributed by atoms with Crippen molar-refractivity contribution in [1.82, 2.24) is 0 Å². The molecule has 1 unspecified atom stereocenters. The Morgan fingerprint density at radius 3 is 2.56 bits per heavy atom. The summed E-state index contributed by atoms with van der Waals surface area (Å²) in [5, 5.41) is 2.47. The lowest BCUT2D eigenvalue weighted by Gasteiger charge is -2.19. The zero-order chi connectivity index (χ0) is 13.1. The van der Waals surface area contributed by atoms with E-state index in [-0.39, 0.29) is 11.9 Å². The first kappa shape index (κ1) is 12.6. The van der Waals surface area contributed by atoms with Crippen LogP contribution in [0.1, 0.15) is 12.5 Å². The zero-order valence-corrected chi connectivity index (χ0v) is 10.8. The molecule has 3 N–H and O–H groups in total. The van der Waals surface area contributed by atoms with E-state index in [1.165, 1.54) is 16.3 Å². The summed E-state index contributed by atoms with van der Waals surface area (Å²) >= 11 is 0. The number of fused-ring (bicyclic) bond motifs is 1. The molecule has 3 nitrogen and oxygen atoms in total. The summed E-state index contributed by atoms with van der Waals surface area (Å²) in [5.41, 5.74) is 6.54. The van der Waals surface area contributed by atoms with Gasteiger partial charge in [0.2, 0.25) is 0 Å². The van der Waals surface area contributed by atoms with Gasteiger partial charge in [-0.1, -0.05) is 36.4 Å². The highest BCUT2D eigenvalue weighted by atomic mass is 16.1. The molecule has 2 aromatic carbocycles. The molecular weight excluding hydrogens is 224 g/mol. The van der Waals surface area contributed by atoms with Crippen LogP contribution < -0.4 is 10.6 Å². The number of hydrogen-bond donors (Lipinski definition) is 2. The molecule has 0 saturated carbocycles. The molecule has 18 heavy (non-hydrogen) atoms. The average molecular weight is 243 g/mol. The molecule has 0 radical (unpaired) electrons. The largest absolute Gasteiger partial charge is 0.365 e. The first-order chi connectivity index (χ1) is 8.58. The lowest BCUT2D eigenvalue weighted by molar-refractivity contribution is -0.908. The number of hydrogen-bond acceptors (Lipinski definition) is 1. The Labute approximate surface area is 107 Å². The number of carbonyl (C=O) groups excluding carboxylic acids is 1. The molecule has 2 atom stereocenters. The maximum absolute atomic E-state index is 11.1. The summed E-state index contributed by atoms with van der Waals surface area (Å²) < 4.78 is 0. The third-order valence-corrected chi connectivity index (χ3v) is 3.46. The maximum Gasteiger partial charge on any atom is 0.275 e. The normalized spacial score (nSPS) is 14.3. The minimum Gasteiger partial charge on any atom is -0.365 e. The van der Waals surface area contributed by atoms with Crippen LogP contribution >= 0.6 is 0 Å². The summed E-state index contributed by atoms with van der Waals surface area (Å²) in [6.45, 7) is 2.66. The number of primary amides is 1. The van der Waals surface area contributed by atoms with Gasteiger partial charge in [0, 0.05) is 5.56 Å². The smallest absolute Gasteiger partial charge is 0.275 e. The highest BCUT2D eigenvalue weighted by Crippen LogP contribution is 2.14. The first-order valence-corrected chi connectivity index (χ1v) is 6.17. The van der Waals surface area contributed by atoms with Gasteiger partial charge in [0.1, 0.15) is 6.54 Å². The number of likely N-dealkylation sites (N-methyl/N-ethyl adjacent to an activating group) is 1. The van der Waals surface area contributed by atoms with E-state index in [0.29, 0.717) is 0 Å². The van der Waals surface area contributed by atoms with Crippen molar-refractivity contribution in [3.05, 3.63) is 48.0 Å². The molecule has 0 aliphatic rings. The van der Waals surface area contributed by atoms with Gasteiger partial charge < -0.3 is 10.6 Å². The van der Waals surface area contributed by atoms with Crippen LogP contribution in [0.2, 0.25) is 0 Å². The van der Waals surface area contributed by atoms with Gasteiger partial charge in [-0.3, -0.25) is 4.79 Å². The van der Waals surface area contributed by atoms with E-state index in [9.17, 15) is 4.79 Å². The van der Waals surface area contributed by atoms with Gasteiger partial charge in [-0.05, 0) is 23.8 Å². The summed E-state index contributed by atoms with van der Waals surface area (Å²) in [5.74, 6) is -0.256. The molecule has 0 saturated heterocycles. The molecule has 1 amide bonds. The predicted molar refractivity (Wildman–Crippen MR) is 73.2 cm³/mol. The van der Waals surface area contributed by atoms with Gasteiger partial charge in [-0.2, -0.15) is 0 Å². The van der Waals surface area contributed by atoms with Crippen LogP contribution in [-0.4, -0.2) is 19.0 Å². The first-order valence-electron chi connectivity index (χ1n) is 6.17. The van der Waals surface area contributed by atoms with E-state index in [2.05, 4.69) is 30.3 Å². The molecule has 0 fully saturated rings. The number of carbonyl (C=O) groups is 1. The van der Waals surface area contributed by atoms with Crippen LogP contribution in [0.5, 0.6) is 0 Å². The van der Waals surface area contributed by atoms with E-state index in [1.54, 1.807) is 0 Å². The highest BCUT2D eigenvalue weighted by Gasteiger charge is 2.18. The maximum atomic E-state index is 11.1. The number of rotatable bonds is 4. The molecule has 0 heterocycles. The second-order valence-corrected chi connectivity index (χ2v) is 4.83. The van der Waals surface area contributed by atoms with Gasteiger partial charge in [-0.25, -0.2) is 0 Å². The number of benzene rings is 2. The Morgan fingerprint density at radius 1 is 1.22 bits per heavy atom. The Balaban J connectivity index is 2.19. The van der Waals surface area contributed by atoms with Crippen molar-refractivity contribution >= 4 is 16.7 Å². The SMILES string of the molecule is C[C@H](C(N)=O)[NH+](C)Cc1ccc2ccccc2c1. The van der Waals surface area contributed by atoms with Crippen molar-refractivity contribution in [3.8, 4) is 0 Å². The van der Waals surface area contributed by atoms with E-state index in [0.717, 1.165) is 11.4 Å². The summed E-state index contributed by atoms with van der Waals surface area (Å²) in [7, 11) is 1.99. The molecule has 0 spiro atoms. The van der Waals surface area contributed by atoms with Crippen molar-refractivity contribution in [1.29, 1.82) is 0 Å². The van der Waals surface area contributed by atoms with Gasteiger partial charge in [0.05, 0.1) is 7.05 Å². The molecule has 3 heteroatoms. The monoisotopic (exact) mass is 243 g/mol. The molecule has 0 aromatic heterocycles. The van der Waals surface area contributed by atoms with Crippen molar-refractivity contribution in [3.63, 3.8) is 0 Å². The standard InChI is InChI=1S/C15H18N2O/c1-11(15(16)18)17(2)10-12-7-8-13-5-3-4-6-14(13)9-12/h3-9,11H,10H2,1-2H3,(H2,16,18)/p+1/t11-/m1/s1. The molecular formula is C15H19N2O+. The van der Waals surface area contributed by atoms with Crippen LogP contribution in [0.4, 0.5) is 0 Å². The number of quaternary nitrogens is 1. The van der Waals surface area contributed by atoms with E-state index < -0.39 is 0 Å². The molecule has 0 bridgehead atoms. The predicted octanol–water partition coefficient (Wildman–Crippen LogP) is 0.728. The Morgan fingerprint density at radius 2 is 1.89 bits per heavy atom. The van der Waals surface area contributed by atoms with Crippen LogP contribution in [0, 0.1) is 0 Å². The molecule has 0 aliphatic carbocycles. The fraction of sp³-hybridized carbons (Fsp3) is 0.267. The highest BCUT2D eigenvalue weighted by molar-refractivity contribution is 5.83. The number of nitrogens with one attached hydrogen (secondary N) is 1. The van der Waals surface area contributed by atoms with Crippen LogP contribution in [0.25, 0.3) is 10.8 Å². The lowest BCUT2D eigenvalue weighted by Crippen LogP contribution is -3.12. The lowest BCUT2D eigenvalue weighted by atomic mass is 10.1. The topological polar surface area (TPSA) is 47.5 Å². The molecule has 2 aromatic rings. The Bertz CT molecular complexity index is 565. The third-order valence-electron chi connectivity index (χ3n) is 3.46. The third kappa shape index (κ3) is 2.68. The minimum absolute atomic E-state index is 0.170. The quantitative estimate of drug-likeness (QED) is 0.817.